The van der Waals surface area contributed by atoms with E-state index in [0.717, 1.165) is 40.8 Å². The molecule has 5 nitrogen and oxygen atoms in total. The van der Waals surface area contributed by atoms with Crippen molar-refractivity contribution in [2.45, 2.75) is 40.2 Å². The van der Waals surface area contributed by atoms with Crippen molar-refractivity contribution in [2.75, 3.05) is 6.54 Å². The van der Waals surface area contributed by atoms with Crippen LogP contribution in [0.5, 0.6) is 0 Å². The zero-order valence-electron chi connectivity index (χ0n) is 17.0. The molecule has 29 heavy (non-hydrogen) atoms. The number of aromatic amines is 1. The third kappa shape index (κ3) is 3.50. The summed E-state index contributed by atoms with van der Waals surface area (Å²) in [6.07, 6.45) is 1.52. The number of amides is 1. The van der Waals surface area contributed by atoms with Gasteiger partial charge in [-0.1, -0.05) is 13.0 Å². The van der Waals surface area contributed by atoms with Crippen molar-refractivity contribution in [3.8, 4) is 0 Å². The van der Waals surface area contributed by atoms with E-state index in [4.69, 9.17) is 0 Å². The minimum absolute atomic E-state index is 0.0826. The van der Waals surface area contributed by atoms with Gasteiger partial charge in [0.2, 0.25) is 0 Å². The van der Waals surface area contributed by atoms with Crippen molar-refractivity contribution in [1.82, 2.24) is 19.9 Å². The predicted octanol–water partition coefficient (Wildman–Crippen LogP) is 4.52. The van der Waals surface area contributed by atoms with Crippen LogP contribution in [0.15, 0.2) is 36.4 Å². The monoisotopic (exact) mass is 392 g/mol. The van der Waals surface area contributed by atoms with E-state index in [-0.39, 0.29) is 11.7 Å². The highest BCUT2D eigenvalue weighted by Crippen LogP contribution is 2.27. The second-order valence-electron chi connectivity index (χ2n) is 7.27. The number of hydrogen-bond acceptors (Lipinski definition) is 2. The molecule has 150 valence electrons. The molecule has 0 aliphatic rings. The normalized spacial score (nSPS) is 11.4. The number of H-pyrrole nitrogens is 1. The number of fused-ring (bicyclic) bond motifs is 2. The molecule has 2 aromatic heterocycles. The molecule has 6 heteroatoms. The number of aromatic nitrogens is 3. The molecule has 0 atom stereocenters. The van der Waals surface area contributed by atoms with Gasteiger partial charge in [0.05, 0.1) is 11.0 Å². The predicted molar refractivity (Wildman–Crippen MR) is 114 cm³/mol. The number of aryl methyl sites for hydroxylation is 3. The lowest BCUT2D eigenvalue weighted by molar-refractivity contribution is 0.0944. The van der Waals surface area contributed by atoms with E-state index in [1.54, 1.807) is 6.07 Å². The minimum Gasteiger partial charge on any atom is -0.350 e. The van der Waals surface area contributed by atoms with Gasteiger partial charge in [-0.2, -0.15) is 0 Å². The van der Waals surface area contributed by atoms with Crippen molar-refractivity contribution in [1.29, 1.82) is 0 Å². The van der Waals surface area contributed by atoms with E-state index >= 15 is 0 Å². The van der Waals surface area contributed by atoms with Crippen LogP contribution in [-0.2, 0) is 19.4 Å². The average molecular weight is 392 g/mol. The molecule has 0 fully saturated rings. The van der Waals surface area contributed by atoms with Gasteiger partial charge in [0.25, 0.3) is 5.91 Å². The molecule has 0 bridgehead atoms. The molecule has 0 aliphatic heterocycles. The molecular formula is C23H25FN4O. The van der Waals surface area contributed by atoms with Gasteiger partial charge in [-0.05, 0) is 61.7 Å². The first-order valence-electron chi connectivity index (χ1n) is 10.1. The molecule has 0 radical (unpaired) electrons. The molecule has 2 N–H and O–H groups in total. The fourth-order valence-corrected chi connectivity index (χ4v) is 3.94. The Morgan fingerprint density at radius 3 is 2.79 bits per heavy atom. The van der Waals surface area contributed by atoms with Crippen LogP contribution in [0.2, 0.25) is 0 Å². The summed E-state index contributed by atoms with van der Waals surface area (Å²) in [5.41, 5.74) is 5.46. The Balaban J connectivity index is 1.53. The summed E-state index contributed by atoms with van der Waals surface area (Å²) in [5.74, 6) is 0.349. The van der Waals surface area contributed by atoms with Crippen LogP contribution < -0.4 is 5.32 Å². The molecule has 0 spiro atoms. The van der Waals surface area contributed by atoms with Gasteiger partial charge in [-0.25, -0.2) is 9.37 Å². The highest BCUT2D eigenvalue weighted by molar-refractivity contribution is 6.01. The highest BCUT2D eigenvalue weighted by atomic mass is 19.1. The Bertz CT molecular complexity index is 1200. The molecule has 0 aliphatic carbocycles. The number of imidazole rings is 1. The molecule has 0 saturated heterocycles. The standard InChI is InChI=1S/C23H25FN4O/c1-4-15-6-9-20-17(12-15)14(3)22(28(20)5-2)23(29)25-11-10-21-26-18-8-7-16(24)13-19(18)27-21/h6-9,12-13H,4-5,10-11H2,1-3H3,(H,25,29)(H,26,27). The van der Waals surface area contributed by atoms with E-state index in [0.29, 0.717) is 24.2 Å². The molecule has 1 amide bonds. The maximum atomic E-state index is 13.3. The summed E-state index contributed by atoms with van der Waals surface area (Å²) in [7, 11) is 0. The van der Waals surface area contributed by atoms with Crippen LogP contribution in [0.4, 0.5) is 4.39 Å². The van der Waals surface area contributed by atoms with Crippen LogP contribution in [0.1, 0.15) is 41.3 Å². The quantitative estimate of drug-likeness (QED) is 0.507. The molecular weight excluding hydrogens is 367 g/mol. The average Bonchev–Trinajstić information content (AvgIpc) is 3.24. The zero-order valence-corrected chi connectivity index (χ0v) is 17.0. The third-order valence-corrected chi connectivity index (χ3v) is 5.46. The molecule has 4 rings (SSSR count). The van der Waals surface area contributed by atoms with Gasteiger partial charge in [0.1, 0.15) is 17.3 Å². The van der Waals surface area contributed by atoms with Crippen molar-refractivity contribution in [2.24, 2.45) is 0 Å². The first-order chi connectivity index (χ1) is 14.0. The Labute approximate surface area is 168 Å². The number of carbonyl (C=O) groups excluding carboxylic acids is 1. The third-order valence-electron chi connectivity index (χ3n) is 5.46. The van der Waals surface area contributed by atoms with Crippen molar-refractivity contribution in [3.63, 3.8) is 0 Å². The van der Waals surface area contributed by atoms with E-state index < -0.39 is 0 Å². The number of nitrogens with one attached hydrogen (secondary N) is 2. The first kappa shape index (κ1) is 19.2. The number of hydrogen-bond donors (Lipinski definition) is 2. The van der Waals surface area contributed by atoms with Gasteiger partial charge < -0.3 is 14.9 Å². The lowest BCUT2D eigenvalue weighted by Crippen LogP contribution is -2.28. The van der Waals surface area contributed by atoms with Gasteiger partial charge in [-0.15, -0.1) is 0 Å². The maximum Gasteiger partial charge on any atom is 0.268 e. The second-order valence-corrected chi connectivity index (χ2v) is 7.27. The second kappa shape index (κ2) is 7.70. The lowest BCUT2D eigenvalue weighted by Gasteiger charge is -2.09. The Morgan fingerprint density at radius 2 is 2.03 bits per heavy atom. The summed E-state index contributed by atoms with van der Waals surface area (Å²) >= 11 is 0. The highest BCUT2D eigenvalue weighted by Gasteiger charge is 2.19. The minimum atomic E-state index is -0.296. The number of benzene rings is 2. The SMILES string of the molecule is CCc1ccc2c(c1)c(C)c(C(=O)NCCc1nc3ccc(F)cc3[nH]1)n2CC. The van der Waals surface area contributed by atoms with Crippen LogP contribution in [0.3, 0.4) is 0 Å². The summed E-state index contributed by atoms with van der Waals surface area (Å²) in [5, 5.41) is 4.15. The van der Waals surface area contributed by atoms with Gasteiger partial charge in [-0.3, -0.25) is 4.79 Å². The number of halogens is 1. The summed E-state index contributed by atoms with van der Waals surface area (Å²) in [4.78, 5) is 20.5. The van der Waals surface area contributed by atoms with Crippen molar-refractivity contribution >= 4 is 27.8 Å². The van der Waals surface area contributed by atoms with Crippen molar-refractivity contribution in [3.05, 3.63) is 64.9 Å². The van der Waals surface area contributed by atoms with Crippen molar-refractivity contribution < 1.29 is 9.18 Å². The largest absolute Gasteiger partial charge is 0.350 e. The topological polar surface area (TPSA) is 62.7 Å². The van der Waals surface area contributed by atoms with E-state index in [1.807, 2.05) is 6.92 Å². The smallest absolute Gasteiger partial charge is 0.268 e. The molecule has 2 aromatic carbocycles. The summed E-state index contributed by atoms with van der Waals surface area (Å²) < 4.78 is 15.4. The maximum absolute atomic E-state index is 13.3. The van der Waals surface area contributed by atoms with Crippen LogP contribution in [0, 0.1) is 12.7 Å². The van der Waals surface area contributed by atoms with Crippen LogP contribution in [-0.4, -0.2) is 27.0 Å². The summed E-state index contributed by atoms with van der Waals surface area (Å²) in [6.45, 7) is 7.38. The van der Waals surface area contributed by atoms with Gasteiger partial charge in [0.15, 0.2) is 0 Å². The molecule has 0 unspecified atom stereocenters. The van der Waals surface area contributed by atoms with Gasteiger partial charge >= 0.3 is 0 Å². The Kier molecular flexibility index (Phi) is 5.09. The number of nitrogens with zero attached hydrogens (tertiary/aromatic N) is 2. The van der Waals surface area contributed by atoms with Crippen LogP contribution >= 0.6 is 0 Å². The van der Waals surface area contributed by atoms with E-state index in [2.05, 4.69) is 51.9 Å². The number of carbonyl (C=O) groups is 1. The molecule has 0 saturated carbocycles. The summed E-state index contributed by atoms with van der Waals surface area (Å²) in [6, 6.07) is 10.9. The Morgan fingerprint density at radius 1 is 1.21 bits per heavy atom. The fraction of sp³-hybridized carbons (Fsp3) is 0.304. The van der Waals surface area contributed by atoms with E-state index in [9.17, 15) is 9.18 Å². The van der Waals surface area contributed by atoms with Crippen LogP contribution in [0.25, 0.3) is 21.9 Å². The van der Waals surface area contributed by atoms with Gasteiger partial charge in [0, 0.05) is 30.4 Å². The number of rotatable bonds is 6. The van der Waals surface area contributed by atoms with E-state index in [1.165, 1.54) is 17.7 Å². The lowest BCUT2D eigenvalue weighted by atomic mass is 10.1. The molecule has 4 aromatic rings. The fourth-order valence-electron chi connectivity index (χ4n) is 3.94. The first-order valence-corrected chi connectivity index (χ1v) is 10.1. The molecule has 2 heterocycles. The Hall–Kier alpha value is -3.15. The zero-order chi connectivity index (χ0) is 20.5.